The van der Waals surface area contributed by atoms with Gasteiger partial charge < -0.3 is 47.2 Å². The molecule has 0 bridgehead atoms. The first-order chi connectivity index (χ1) is 43.0. The minimum absolute atomic E-state index is 0.00914. The molecule has 2 aromatic heterocycles. The minimum atomic E-state index is -3.99. The molecule has 8 aromatic rings. The normalized spacial score (nSPS) is 12.8. The number of carbonyl (C=O) groups excluding carboxylic acids is 3. The van der Waals surface area contributed by atoms with Gasteiger partial charge >= 0.3 is 18.0 Å². The van der Waals surface area contributed by atoms with Crippen molar-refractivity contribution in [3.05, 3.63) is 178 Å². The first kappa shape index (κ1) is 66.8. The Labute approximate surface area is 520 Å². The van der Waals surface area contributed by atoms with Gasteiger partial charge in [0, 0.05) is 65.4 Å². The van der Waals surface area contributed by atoms with Crippen LogP contribution in [0.2, 0.25) is 0 Å². The van der Waals surface area contributed by atoms with Crippen molar-refractivity contribution in [2.75, 3.05) is 85.9 Å². The number of urea groups is 2. The van der Waals surface area contributed by atoms with Crippen molar-refractivity contribution in [2.24, 2.45) is 10.3 Å². The molecular weight excluding hydrogens is 1230 g/mol. The van der Waals surface area contributed by atoms with E-state index in [4.69, 9.17) is 21.0 Å². The van der Waals surface area contributed by atoms with Gasteiger partial charge in [-0.05, 0) is 138 Å². The van der Waals surface area contributed by atoms with Gasteiger partial charge in [0.05, 0.1) is 39.8 Å². The Morgan fingerprint density at radius 1 is 0.582 bits per heavy atom. The first-order valence-electron chi connectivity index (χ1n) is 27.4. The van der Waals surface area contributed by atoms with Gasteiger partial charge in [-0.1, -0.05) is 36.4 Å². The molecular formula is C60H62F4N16O9S2. The van der Waals surface area contributed by atoms with Gasteiger partial charge in [-0.25, -0.2) is 78.8 Å². The van der Waals surface area contributed by atoms with Crippen molar-refractivity contribution >= 4 is 90.3 Å². The summed E-state index contributed by atoms with van der Waals surface area (Å²) in [5.74, 6) is -5.19. The van der Waals surface area contributed by atoms with Crippen LogP contribution >= 0.6 is 0 Å². The standard InChI is InChI=1S/C30H30F2N8O4S.C24H24F2N6O3.C6H8N2O2S/c1-17-10-11-18(28(41)36-19-6-4-7-20(15-19)45(33,43)44)14-21(17)25-22-16-35-30(42)40(26-23(31)8-5-9-24(26)32)27(22)38-29(37-25)34-12-13-39(2)3;1-13-7-8-14(22(33)34)11-15(13)19-16-12-28-24(35)32(20-17(25)5-4-6-18(20)26)21(16)30-23(29-19)27-9-10-31(2)3;7-5-2-1-3-6(4-5)11(8,9)10/h4-11,14-15H,12-13,16H2,1-3H3,(H,35,42)(H,36,41)(H2,33,43,44)(H,34,37,38);4-8,11H,9-10,12H2,1-3H3,(H,28,35)(H,33,34)(H,27,29,30);1-4H,7H2,(H2,8,9,10). The molecule has 0 unspecified atom stereocenters. The number of benzene rings is 6. The largest absolute Gasteiger partial charge is 0.478 e. The molecule has 5 amide bonds. The van der Waals surface area contributed by atoms with Crippen LogP contribution in [0.1, 0.15) is 43.0 Å². The zero-order valence-electron chi connectivity index (χ0n) is 49.6. The number of para-hydroxylation sites is 2. The average Bonchev–Trinajstić information content (AvgIpc) is 0.760. The van der Waals surface area contributed by atoms with E-state index in [2.05, 4.69) is 41.5 Å². The predicted molar refractivity (Wildman–Crippen MR) is 335 cm³/mol. The number of anilines is 8. The van der Waals surface area contributed by atoms with Crippen LogP contribution in [0.5, 0.6) is 0 Å². The number of aromatic nitrogens is 4. The molecule has 25 nitrogen and oxygen atoms in total. The molecule has 12 N–H and O–H groups in total. The fraction of sp³-hybridized carbons (Fsp3) is 0.200. The van der Waals surface area contributed by atoms with Gasteiger partial charge in [0.2, 0.25) is 31.9 Å². The predicted octanol–water partition coefficient (Wildman–Crippen LogP) is 7.64. The Morgan fingerprint density at radius 3 is 1.40 bits per heavy atom. The third-order valence-corrected chi connectivity index (χ3v) is 15.6. The number of carboxylic acid groups (broad SMARTS) is 1. The second-order valence-electron chi connectivity index (χ2n) is 21.0. The van der Waals surface area contributed by atoms with E-state index >= 15 is 0 Å². The number of aryl methyl sites for hydroxylation is 2. The maximum absolute atomic E-state index is 15.0. The lowest BCUT2D eigenvalue weighted by Crippen LogP contribution is -2.43. The molecule has 2 aliphatic rings. The summed E-state index contributed by atoms with van der Waals surface area (Å²) in [4.78, 5) is 74.6. The summed E-state index contributed by atoms with van der Waals surface area (Å²) in [6, 6.07) is 25.9. The maximum Gasteiger partial charge on any atom is 0.335 e. The fourth-order valence-electron chi connectivity index (χ4n) is 9.20. The average molecular weight is 1290 g/mol. The molecule has 31 heteroatoms. The van der Waals surface area contributed by atoms with Crippen LogP contribution in [0, 0.1) is 37.1 Å². The fourth-order valence-corrected chi connectivity index (χ4v) is 10.3. The van der Waals surface area contributed by atoms with Crippen LogP contribution in [0.15, 0.2) is 131 Å². The molecule has 0 spiro atoms. The highest BCUT2D eigenvalue weighted by Gasteiger charge is 2.36. The molecule has 0 aliphatic carbocycles. The lowest BCUT2D eigenvalue weighted by molar-refractivity contribution is 0.0696. The molecule has 0 atom stereocenters. The van der Waals surface area contributed by atoms with Gasteiger partial charge in [0.25, 0.3) is 5.91 Å². The van der Waals surface area contributed by atoms with Crippen molar-refractivity contribution in [1.82, 2.24) is 40.4 Å². The summed E-state index contributed by atoms with van der Waals surface area (Å²) in [5.41, 5.74) is 8.94. The van der Waals surface area contributed by atoms with Crippen molar-refractivity contribution < 1.29 is 58.7 Å². The highest BCUT2D eigenvalue weighted by atomic mass is 32.2. The van der Waals surface area contributed by atoms with Crippen LogP contribution in [0.25, 0.3) is 22.5 Å². The Morgan fingerprint density at radius 2 is 0.989 bits per heavy atom. The SMILES string of the molecule is Cc1ccc(C(=O)Nc2cccc(S(N)(=O)=O)c2)cc1-c1nc(NCCN(C)C)nc2c1CNC(=O)N2c1c(F)cccc1F.Cc1ccc(C(=O)O)cc1-c1nc(NCCN(C)C)nc2c1CNC(=O)N2c1c(F)cccc1F.Nc1cccc(S(N)(=O)=O)c1. The summed E-state index contributed by atoms with van der Waals surface area (Å²) in [5, 5.41) is 33.7. The summed E-state index contributed by atoms with van der Waals surface area (Å²) in [7, 11) is -0.0224. The van der Waals surface area contributed by atoms with Crippen molar-refractivity contribution in [2.45, 2.75) is 36.7 Å². The molecule has 91 heavy (non-hydrogen) atoms. The summed E-state index contributed by atoms with van der Waals surface area (Å²) in [6.45, 7) is 5.68. The third kappa shape index (κ3) is 16.0. The van der Waals surface area contributed by atoms with Gasteiger partial charge in [0.1, 0.15) is 34.6 Å². The Hall–Kier alpha value is -10.2. The van der Waals surface area contributed by atoms with Crippen LogP contribution in [0.4, 0.5) is 73.4 Å². The topological polar surface area (TPSA) is 360 Å². The van der Waals surface area contributed by atoms with Crippen molar-refractivity contribution in [3.8, 4) is 22.5 Å². The minimum Gasteiger partial charge on any atom is -0.478 e. The number of rotatable bonds is 17. The number of carboxylic acids is 1. The summed E-state index contributed by atoms with van der Waals surface area (Å²) < 4.78 is 104. The van der Waals surface area contributed by atoms with E-state index in [1.165, 1.54) is 66.7 Å². The number of hydrogen-bond donors (Lipinski definition) is 9. The van der Waals surface area contributed by atoms with E-state index < -0.39 is 78.6 Å². The molecule has 476 valence electrons. The number of nitrogen functional groups attached to an aromatic ring is 1. The van der Waals surface area contributed by atoms with E-state index in [0.717, 1.165) is 39.6 Å². The molecule has 0 saturated heterocycles. The zero-order chi connectivity index (χ0) is 66.2. The molecule has 0 saturated carbocycles. The number of carbonyl (C=O) groups is 4. The molecule has 0 fully saturated rings. The van der Waals surface area contributed by atoms with E-state index in [1.807, 2.05) is 38.0 Å². The summed E-state index contributed by atoms with van der Waals surface area (Å²) >= 11 is 0. The second-order valence-corrected chi connectivity index (χ2v) is 24.1. The molecule has 10 rings (SSSR count). The smallest absolute Gasteiger partial charge is 0.335 e. The second kappa shape index (κ2) is 28.1. The van der Waals surface area contributed by atoms with Gasteiger partial charge in [0.15, 0.2) is 11.6 Å². The van der Waals surface area contributed by atoms with Crippen LogP contribution in [-0.4, -0.2) is 130 Å². The number of likely N-dealkylation sites (N-methyl/N-ethyl adjacent to an activating group) is 2. The van der Waals surface area contributed by atoms with Crippen LogP contribution in [0.3, 0.4) is 0 Å². The number of nitrogens with one attached hydrogen (secondary N) is 5. The van der Waals surface area contributed by atoms with E-state index in [9.17, 15) is 58.7 Å². The lowest BCUT2D eigenvalue weighted by Gasteiger charge is -2.31. The Bertz CT molecular complexity index is 4340. The van der Waals surface area contributed by atoms with Crippen LogP contribution < -0.4 is 52.4 Å². The number of halogens is 4. The molecule has 0 radical (unpaired) electrons. The van der Waals surface area contributed by atoms with E-state index in [1.54, 1.807) is 44.2 Å². The first-order valence-corrected chi connectivity index (χ1v) is 30.5. The summed E-state index contributed by atoms with van der Waals surface area (Å²) in [6.07, 6.45) is 0. The Kier molecular flexibility index (Phi) is 20.6. The number of nitrogens with zero attached hydrogens (tertiary/aromatic N) is 8. The monoisotopic (exact) mass is 1290 g/mol. The number of aromatic carboxylic acids is 1. The van der Waals surface area contributed by atoms with Gasteiger partial charge in [-0.15, -0.1) is 0 Å². The number of primary sulfonamides is 2. The quantitative estimate of drug-likeness (QED) is 0.0312. The highest BCUT2D eigenvalue weighted by Crippen LogP contribution is 2.41. The molecule has 4 heterocycles. The molecule has 2 aliphatic heterocycles. The highest BCUT2D eigenvalue weighted by molar-refractivity contribution is 7.89. The lowest BCUT2D eigenvalue weighted by atomic mass is 9.97. The zero-order valence-corrected chi connectivity index (χ0v) is 51.3. The molecule has 6 aromatic carbocycles. The van der Waals surface area contributed by atoms with Gasteiger partial charge in [-0.2, -0.15) is 9.97 Å². The number of sulfonamides is 2. The Balaban J connectivity index is 0.000000205. The van der Waals surface area contributed by atoms with E-state index in [-0.39, 0.29) is 63.2 Å². The number of fused-ring (bicyclic) bond motifs is 2. The number of amides is 5. The van der Waals surface area contributed by atoms with Crippen molar-refractivity contribution in [1.29, 1.82) is 0 Å². The maximum atomic E-state index is 15.0. The third-order valence-electron chi connectivity index (χ3n) is 13.7. The van der Waals surface area contributed by atoms with E-state index in [0.29, 0.717) is 71.1 Å². The number of hydrogen-bond acceptors (Lipinski definition) is 17. The van der Waals surface area contributed by atoms with Gasteiger partial charge in [-0.3, -0.25) is 4.79 Å². The van der Waals surface area contributed by atoms with Crippen molar-refractivity contribution in [3.63, 3.8) is 0 Å². The van der Waals surface area contributed by atoms with Crippen LogP contribution in [-0.2, 0) is 33.1 Å². The number of nitrogens with two attached hydrogens (primary N) is 3.